The summed E-state index contributed by atoms with van der Waals surface area (Å²) in [6.45, 7) is 0. The molecule has 1 rings (SSSR count). The van der Waals surface area contributed by atoms with E-state index in [1.54, 1.807) is 11.6 Å². The molecule has 0 aliphatic carbocycles. The van der Waals surface area contributed by atoms with Crippen LogP contribution in [-0.4, -0.2) is 27.1 Å². The Morgan fingerprint density at radius 3 is 1.93 bits per heavy atom. The monoisotopic (exact) mass is 217 g/mol. The summed E-state index contributed by atoms with van der Waals surface area (Å²) in [6, 6.07) is 0. The average molecular weight is 217 g/mol. The Labute approximate surface area is 82.1 Å². The lowest BCUT2D eigenvalue weighted by Gasteiger charge is -1.74. The van der Waals surface area contributed by atoms with E-state index in [9.17, 15) is 14.4 Å². The van der Waals surface area contributed by atoms with Crippen LogP contribution >= 0.6 is 11.3 Å². The van der Waals surface area contributed by atoms with Crippen molar-refractivity contribution in [1.82, 2.24) is 4.98 Å². The van der Waals surface area contributed by atoms with Crippen molar-refractivity contribution in [2.24, 2.45) is 0 Å². The number of carboxylic acid groups (broad SMARTS) is 2. The van der Waals surface area contributed by atoms with E-state index in [4.69, 9.17) is 10.2 Å². The number of carboxylic acids is 2. The fraction of sp³-hybridized carbons (Fsp3) is 0. The first-order valence-corrected chi connectivity index (χ1v) is 4.16. The van der Waals surface area contributed by atoms with Gasteiger partial charge in [-0.3, -0.25) is 4.79 Å². The van der Waals surface area contributed by atoms with Gasteiger partial charge in [0, 0.05) is 23.7 Å². The van der Waals surface area contributed by atoms with Crippen molar-refractivity contribution >= 4 is 23.3 Å². The number of aliphatic carboxylic acids is 2. The lowest BCUT2D eigenvalue weighted by Crippen LogP contribution is -1.91. The third kappa shape index (κ3) is 8.21. The van der Waals surface area contributed by atoms with E-state index in [0.717, 1.165) is 0 Å². The van der Waals surface area contributed by atoms with E-state index >= 15 is 0 Å². The Hall–Kier alpha value is -1.89. The van der Waals surface area contributed by atoms with Gasteiger partial charge >= 0.3 is 16.8 Å². The van der Waals surface area contributed by atoms with Crippen molar-refractivity contribution < 1.29 is 19.8 Å². The molecule has 1 aromatic heterocycles. The summed E-state index contributed by atoms with van der Waals surface area (Å²) in [7, 11) is 0. The highest BCUT2D eigenvalue weighted by molar-refractivity contribution is 7.07. The highest BCUT2D eigenvalue weighted by Crippen LogP contribution is 1.76. The molecule has 0 aromatic carbocycles. The Morgan fingerprint density at radius 2 is 1.79 bits per heavy atom. The zero-order valence-electron chi connectivity index (χ0n) is 6.84. The van der Waals surface area contributed by atoms with Crippen LogP contribution in [0.3, 0.4) is 0 Å². The minimum absolute atomic E-state index is 0.00926. The predicted octanol–water partition coefficient (Wildman–Crippen LogP) is 0.148. The third-order valence-electron chi connectivity index (χ3n) is 0.813. The van der Waals surface area contributed by atoms with Gasteiger partial charge < -0.3 is 15.2 Å². The van der Waals surface area contributed by atoms with Crippen LogP contribution in [0.15, 0.2) is 28.5 Å². The fourth-order valence-electron chi connectivity index (χ4n) is 0.374. The SMILES string of the molecule is O=C(O)C=CC(=O)O.O=c1[nH]ccs1. The van der Waals surface area contributed by atoms with Gasteiger partial charge in [0.25, 0.3) is 0 Å². The van der Waals surface area contributed by atoms with Gasteiger partial charge in [-0.15, -0.1) is 0 Å². The second kappa shape index (κ2) is 6.61. The van der Waals surface area contributed by atoms with E-state index in [1.807, 2.05) is 0 Å². The first-order valence-electron chi connectivity index (χ1n) is 3.28. The van der Waals surface area contributed by atoms with Gasteiger partial charge in [0.1, 0.15) is 0 Å². The van der Waals surface area contributed by atoms with Crippen molar-refractivity contribution in [2.45, 2.75) is 0 Å². The van der Waals surface area contributed by atoms with Gasteiger partial charge in [-0.1, -0.05) is 11.3 Å². The molecule has 0 aliphatic heterocycles. The molecule has 6 nitrogen and oxygen atoms in total. The summed E-state index contributed by atoms with van der Waals surface area (Å²) in [4.78, 5) is 31.6. The van der Waals surface area contributed by atoms with Gasteiger partial charge in [-0.2, -0.15) is 0 Å². The third-order valence-corrected chi connectivity index (χ3v) is 1.42. The van der Waals surface area contributed by atoms with E-state index in [-0.39, 0.29) is 4.87 Å². The maximum absolute atomic E-state index is 10.0. The zero-order valence-corrected chi connectivity index (χ0v) is 7.65. The van der Waals surface area contributed by atoms with Gasteiger partial charge in [-0.05, 0) is 0 Å². The van der Waals surface area contributed by atoms with Crippen molar-refractivity contribution in [3.8, 4) is 0 Å². The molecule has 7 heteroatoms. The van der Waals surface area contributed by atoms with Crippen LogP contribution in [0.4, 0.5) is 0 Å². The Bertz CT molecular complexity index is 345. The molecule has 0 unspecified atom stereocenters. The molecule has 0 saturated heterocycles. The normalized spacial score (nSPS) is 9.14. The highest BCUT2D eigenvalue weighted by atomic mass is 32.1. The predicted molar refractivity (Wildman–Crippen MR) is 49.4 cm³/mol. The Morgan fingerprint density at radius 1 is 1.29 bits per heavy atom. The number of hydrogen-bond donors (Lipinski definition) is 3. The van der Waals surface area contributed by atoms with Crippen molar-refractivity contribution in [1.29, 1.82) is 0 Å². The number of H-pyrrole nitrogens is 1. The van der Waals surface area contributed by atoms with Gasteiger partial charge in [-0.25, -0.2) is 9.59 Å². The highest BCUT2D eigenvalue weighted by Gasteiger charge is 1.88. The first kappa shape index (κ1) is 12.1. The maximum Gasteiger partial charge on any atom is 0.328 e. The fourth-order valence-corrected chi connectivity index (χ4v) is 0.770. The number of rotatable bonds is 2. The summed E-state index contributed by atoms with van der Waals surface area (Å²) in [5.74, 6) is -2.51. The molecule has 0 aliphatic rings. The molecule has 3 N–H and O–H groups in total. The number of nitrogens with one attached hydrogen (secondary N) is 1. The molecule has 0 fully saturated rings. The molecule has 0 saturated carbocycles. The molecule has 0 spiro atoms. The van der Waals surface area contributed by atoms with E-state index in [1.165, 1.54) is 11.3 Å². The number of carbonyl (C=O) groups is 2. The standard InChI is InChI=1S/C4H4O4.C3H3NOS/c5-3(6)1-2-4(7)8;5-3-4-1-2-6-3/h1-2H,(H,5,6)(H,7,8);1-2H,(H,4,5). The lowest BCUT2D eigenvalue weighted by atomic mass is 10.5. The van der Waals surface area contributed by atoms with Gasteiger partial charge in [0.05, 0.1) is 0 Å². The summed E-state index contributed by atoms with van der Waals surface area (Å²) in [5, 5.41) is 17.3. The number of aromatic amines is 1. The molecule has 14 heavy (non-hydrogen) atoms. The maximum atomic E-state index is 10.0. The average Bonchev–Trinajstić information content (AvgIpc) is 2.53. The number of thiazole rings is 1. The van der Waals surface area contributed by atoms with Crippen LogP contribution < -0.4 is 4.87 Å². The molecule has 0 radical (unpaired) electrons. The van der Waals surface area contributed by atoms with Crippen molar-refractivity contribution in [3.63, 3.8) is 0 Å². The molecular weight excluding hydrogens is 210 g/mol. The largest absolute Gasteiger partial charge is 0.478 e. The van der Waals surface area contributed by atoms with Crippen molar-refractivity contribution in [3.05, 3.63) is 33.4 Å². The van der Waals surface area contributed by atoms with Crippen LogP contribution in [0.1, 0.15) is 0 Å². The summed E-state index contributed by atoms with van der Waals surface area (Å²) < 4.78 is 0. The van der Waals surface area contributed by atoms with E-state index < -0.39 is 11.9 Å². The van der Waals surface area contributed by atoms with Gasteiger partial charge in [0.15, 0.2) is 0 Å². The first-order chi connectivity index (χ1) is 6.52. The second-order valence-electron chi connectivity index (χ2n) is 1.86. The smallest absolute Gasteiger partial charge is 0.328 e. The quantitative estimate of drug-likeness (QED) is 0.611. The van der Waals surface area contributed by atoms with Crippen LogP contribution in [-0.2, 0) is 9.59 Å². The number of hydrogen-bond acceptors (Lipinski definition) is 4. The van der Waals surface area contributed by atoms with Crippen LogP contribution in [0, 0.1) is 0 Å². The van der Waals surface area contributed by atoms with Crippen LogP contribution in [0.25, 0.3) is 0 Å². The molecule has 0 atom stereocenters. The van der Waals surface area contributed by atoms with Crippen LogP contribution in [0.2, 0.25) is 0 Å². The summed E-state index contributed by atoms with van der Waals surface area (Å²) >= 11 is 1.17. The van der Waals surface area contributed by atoms with E-state index in [2.05, 4.69) is 4.98 Å². The molecule has 0 bridgehead atoms. The number of aromatic nitrogens is 1. The minimum atomic E-state index is -1.26. The zero-order chi connectivity index (χ0) is 11.0. The Balaban J connectivity index is 0.000000249. The molecule has 1 aromatic rings. The van der Waals surface area contributed by atoms with Gasteiger partial charge in [0.2, 0.25) is 0 Å². The molecule has 0 amide bonds. The summed E-state index contributed by atoms with van der Waals surface area (Å²) in [5.41, 5.74) is 0. The topological polar surface area (TPSA) is 107 Å². The molecule has 1 heterocycles. The minimum Gasteiger partial charge on any atom is -0.478 e. The Kier molecular flexibility index (Phi) is 5.72. The second-order valence-corrected chi connectivity index (χ2v) is 2.74. The van der Waals surface area contributed by atoms with Crippen LogP contribution in [0.5, 0.6) is 0 Å². The van der Waals surface area contributed by atoms with E-state index in [0.29, 0.717) is 12.2 Å². The lowest BCUT2D eigenvalue weighted by molar-refractivity contribution is -0.134. The van der Waals surface area contributed by atoms with Crippen molar-refractivity contribution in [2.75, 3.05) is 0 Å². The summed E-state index contributed by atoms with van der Waals surface area (Å²) in [6.07, 6.45) is 2.73. The molecular formula is C7H7NO5S. The molecule has 76 valence electrons.